The van der Waals surface area contributed by atoms with Gasteiger partial charge in [-0.05, 0) is 99.7 Å². The first-order valence-corrected chi connectivity index (χ1v) is 21.3. The summed E-state index contributed by atoms with van der Waals surface area (Å²) in [6.07, 6.45) is 9.19. The van der Waals surface area contributed by atoms with Crippen molar-refractivity contribution >= 4 is 45.4 Å². The summed E-state index contributed by atoms with van der Waals surface area (Å²) < 4.78 is 12.3. The van der Waals surface area contributed by atoms with Crippen molar-refractivity contribution < 1.29 is 19.4 Å². The highest BCUT2D eigenvalue weighted by Crippen LogP contribution is 2.39. The third kappa shape index (κ3) is 14.3. The number of hydrogen-bond acceptors (Lipinski definition) is 12. The van der Waals surface area contributed by atoms with Gasteiger partial charge in [0.1, 0.15) is 18.9 Å². The van der Waals surface area contributed by atoms with E-state index in [2.05, 4.69) is 73.3 Å². The summed E-state index contributed by atoms with van der Waals surface area (Å²) in [5.74, 6) is -0.410. The average Bonchev–Trinajstić information content (AvgIpc) is 3.25. The molecule has 1 amide bonds. The number of aromatic nitrogens is 3. The molecule has 0 fully saturated rings. The van der Waals surface area contributed by atoms with Crippen LogP contribution in [0.2, 0.25) is 0 Å². The van der Waals surface area contributed by atoms with Gasteiger partial charge in [0.05, 0.1) is 11.3 Å². The Bertz CT molecular complexity index is 1990. The standard InChI is InChI=1S/C46H61N9O4/c1-5-9-26-54(27-10-6-2)30-32-58-45-49-44(50-46(51-45)59-33-31-55(28-11-7-3)29-12-8-4)48-37-22-24-38(25-23-37)52-53-41-39-21-17-16-18-35(39)34-40(42(41)56)43(57)47-36-19-14-13-15-20-36/h13-25,34,56H,5-12,26-33H2,1-4H3,(H,47,57)(H,48,49,50,51). The van der Waals surface area contributed by atoms with Gasteiger partial charge in [-0.15, -0.1) is 10.1 Å². The zero-order valence-corrected chi connectivity index (χ0v) is 35.2. The second-order valence-electron chi connectivity index (χ2n) is 14.6. The molecule has 13 heteroatoms. The fourth-order valence-electron chi connectivity index (χ4n) is 6.41. The number of anilines is 3. The molecule has 0 saturated heterocycles. The third-order valence-electron chi connectivity index (χ3n) is 9.84. The molecule has 0 aliphatic heterocycles. The van der Waals surface area contributed by atoms with E-state index in [9.17, 15) is 9.90 Å². The first-order valence-electron chi connectivity index (χ1n) is 21.3. The lowest BCUT2D eigenvalue weighted by molar-refractivity contribution is 0.102. The highest BCUT2D eigenvalue weighted by molar-refractivity contribution is 6.11. The van der Waals surface area contributed by atoms with Crippen molar-refractivity contribution in [1.29, 1.82) is 0 Å². The number of rotatable bonds is 26. The van der Waals surface area contributed by atoms with E-state index < -0.39 is 5.91 Å². The van der Waals surface area contributed by atoms with Gasteiger partial charge in [0.25, 0.3) is 5.91 Å². The maximum absolute atomic E-state index is 13.2. The van der Waals surface area contributed by atoms with Crippen molar-refractivity contribution in [2.45, 2.75) is 79.1 Å². The van der Waals surface area contributed by atoms with Crippen molar-refractivity contribution in [2.24, 2.45) is 10.2 Å². The van der Waals surface area contributed by atoms with Gasteiger partial charge in [-0.25, -0.2) is 0 Å². The first kappa shape index (κ1) is 44.4. The number of azo groups is 1. The summed E-state index contributed by atoms with van der Waals surface area (Å²) in [4.78, 5) is 31.8. The fourth-order valence-corrected chi connectivity index (χ4v) is 6.41. The molecule has 1 heterocycles. The number of phenolic OH excluding ortho intramolecular Hbond substituents is 1. The molecule has 3 N–H and O–H groups in total. The van der Waals surface area contributed by atoms with Gasteiger partial charge in [0, 0.05) is 29.9 Å². The fraction of sp³-hybridized carbons (Fsp3) is 0.435. The van der Waals surface area contributed by atoms with E-state index in [4.69, 9.17) is 9.47 Å². The predicted octanol–water partition coefficient (Wildman–Crippen LogP) is 10.7. The minimum atomic E-state index is -0.450. The second-order valence-corrected chi connectivity index (χ2v) is 14.6. The van der Waals surface area contributed by atoms with Crippen LogP contribution in [0.25, 0.3) is 10.8 Å². The highest BCUT2D eigenvalue weighted by Gasteiger charge is 2.19. The topological polar surface area (TPSA) is 150 Å². The molecule has 0 bridgehead atoms. The Morgan fingerprint density at radius 3 is 1.75 bits per heavy atom. The molecule has 314 valence electrons. The number of nitrogens with one attached hydrogen (secondary N) is 2. The SMILES string of the molecule is CCCCN(CCCC)CCOc1nc(Nc2ccc(N=Nc3c(O)c(C(=O)Nc4ccccc4)cc4ccccc34)cc2)nc(OCCN(CCCC)CCCC)n1. The lowest BCUT2D eigenvalue weighted by Crippen LogP contribution is -2.31. The Balaban J connectivity index is 1.31. The van der Waals surface area contributed by atoms with E-state index in [0.717, 1.165) is 96.0 Å². The molecular formula is C46H61N9O4. The molecule has 0 spiro atoms. The maximum atomic E-state index is 13.2. The van der Waals surface area contributed by atoms with E-state index in [0.29, 0.717) is 41.6 Å². The van der Waals surface area contributed by atoms with Crippen molar-refractivity contribution in [2.75, 3.05) is 63.1 Å². The number of fused-ring (bicyclic) bond motifs is 1. The van der Waals surface area contributed by atoms with Gasteiger partial charge in [-0.2, -0.15) is 15.1 Å². The van der Waals surface area contributed by atoms with Crippen LogP contribution >= 0.6 is 0 Å². The lowest BCUT2D eigenvalue weighted by Gasteiger charge is -2.22. The largest absolute Gasteiger partial charge is 0.505 e. The number of ether oxygens (including phenoxy) is 2. The molecular weight excluding hydrogens is 743 g/mol. The van der Waals surface area contributed by atoms with Gasteiger partial charge >= 0.3 is 12.0 Å². The molecule has 0 radical (unpaired) electrons. The minimum absolute atomic E-state index is 0.0979. The number of phenols is 1. The quantitative estimate of drug-likeness (QED) is 0.0461. The number of carbonyl (C=O) groups is 1. The Kier molecular flexibility index (Phi) is 18.3. The van der Waals surface area contributed by atoms with Gasteiger partial charge < -0.3 is 25.2 Å². The van der Waals surface area contributed by atoms with Gasteiger partial charge in [0.15, 0.2) is 5.75 Å². The highest BCUT2D eigenvalue weighted by atomic mass is 16.5. The van der Waals surface area contributed by atoms with Crippen LogP contribution in [-0.2, 0) is 0 Å². The molecule has 0 unspecified atom stereocenters. The second kappa shape index (κ2) is 24.3. The van der Waals surface area contributed by atoms with Crippen molar-refractivity contribution in [1.82, 2.24) is 24.8 Å². The van der Waals surface area contributed by atoms with Gasteiger partial charge in [-0.3, -0.25) is 14.6 Å². The van der Waals surface area contributed by atoms with Crippen LogP contribution in [0.15, 0.2) is 95.2 Å². The molecule has 1 aromatic heterocycles. The van der Waals surface area contributed by atoms with Gasteiger partial charge in [0.2, 0.25) is 5.95 Å². The molecule has 0 aliphatic rings. The van der Waals surface area contributed by atoms with Crippen molar-refractivity contribution in [3.05, 3.63) is 90.5 Å². The summed E-state index contributed by atoms with van der Waals surface area (Å²) in [6.45, 7) is 15.5. The number of benzene rings is 4. The van der Waals surface area contributed by atoms with Crippen LogP contribution in [0.4, 0.5) is 28.7 Å². The molecule has 5 rings (SSSR count). The summed E-state index contributed by atoms with van der Waals surface area (Å²) in [5, 5.41) is 27.7. The lowest BCUT2D eigenvalue weighted by atomic mass is 10.0. The number of hydrogen-bond donors (Lipinski definition) is 3. The Labute approximate surface area is 349 Å². The summed E-state index contributed by atoms with van der Waals surface area (Å²) in [5.41, 5.74) is 2.15. The summed E-state index contributed by atoms with van der Waals surface area (Å²) in [6, 6.07) is 25.8. The zero-order valence-electron chi connectivity index (χ0n) is 35.2. The van der Waals surface area contributed by atoms with Crippen LogP contribution in [-0.4, -0.2) is 88.2 Å². The monoisotopic (exact) mass is 803 g/mol. The molecule has 5 aromatic rings. The van der Waals surface area contributed by atoms with Crippen LogP contribution in [0.3, 0.4) is 0 Å². The Morgan fingerprint density at radius 1 is 0.644 bits per heavy atom. The molecule has 0 aliphatic carbocycles. The Hall–Kier alpha value is -5.66. The minimum Gasteiger partial charge on any atom is -0.505 e. The molecule has 13 nitrogen and oxygen atoms in total. The van der Waals surface area contributed by atoms with Crippen LogP contribution in [0, 0.1) is 0 Å². The van der Waals surface area contributed by atoms with E-state index in [-0.39, 0.29) is 29.0 Å². The number of unbranched alkanes of at least 4 members (excludes halogenated alkanes) is 4. The zero-order chi connectivity index (χ0) is 41.7. The number of carbonyl (C=O) groups excluding carboxylic acids is 1. The maximum Gasteiger partial charge on any atom is 0.324 e. The van der Waals surface area contributed by atoms with Crippen LogP contribution in [0.1, 0.15) is 89.4 Å². The van der Waals surface area contributed by atoms with E-state index in [1.165, 1.54) is 0 Å². The van der Waals surface area contributed by atoms with Crippen LogP contribution in [0.5, 0.6) is 17.8 Å². The predicted molar refractivity (Wildman–Crippen MR) is 237 cm³/mol. The molecule has 59 heavy (non-hydrogen) atoms. The third-order valence-corrected chi connectivity index (χ3v) is 9.84. The average molecular weight is 804 g/mol. The van der Waals surface area contributed by atoms with E-state index in [1.807, 2.05) is 54.6 Å². The van der Waals surface area contributed by atoms with Crippen molar-refractivity contribution in [3.8, 4) is 17.8 Å². The van der Waals surface area contributed by atoms with Crippen LogP contribution < -0.4 is 20.1 Å². The number of para-hydroxylation sites is 1. The number of nitrogens with zero attached hydrogens (tertiary/aromatic N) is 7. The van der Waals surface area contributed by atoms with E-state index in [1.54, 1.807) is 30.3 Å². The smallest absolute Gasteiger partial charge is 0.324 e. The normalized spacial score (nSPS) is 11.5. The Morgan fingerprint density at radius 2 is 1.19 bits per heavy atom. The molecule has 4 aromatic carbocycles. The molecule has 0 saturated carbocycles. The van der Waals surface area contributed by atoms with Gasteiger partial charge in [-0.1, -0.05) is 95.8 Å². The summed E-state index contributed by atoms with van der Waals surface area (Å²) in [7, 11) is 0. The van der Waals surface area contributed by atoms with E-state index >= 15 is 0 Å². The number of aromatic hydroxyl groups is 1. The number of amides is 1. The summed E-state index contributed by atoms with van der Waals surface area (Å²) >= 11 is 0. The molecule has 0 atom stereocenters. The first-order chi connectivity index (χ1) is 28.9. The van der Waals surface area contributed by atoms with Crippen molar-refractivity contribution in [3.63, 3.8) is 0 Å².